The number of nitrogens with zero attached hydrogens (tertiary/aromatic N) is 2. The monoisotopic (exact) mass is 412 g/mol. The van der Waals surface area contributed by atoms with E-state index in [2.05, 4.69) is 9.97 Å². The van der Waals surface area contributed by atoms with Gasteiger partial charge in [0, 0.05) is 24.6 Å². The van der Waals surface area contributed by atoms with Crippen LogP contribution in [0.2, 0.25) is 5.02 Å². The second-order valence-electron chi connectivity index (χ2n) is 6.30. The lowest BCUT2D eigenvalue weighted by molar-refractivity contribution is -0.140. The minimum absolute atomic E-state index is 0.0794. The molecular formula is C22H21ClN2O4. The Bertz CT molecular complexity index is 949. The molecule has 0 aliphatic heterocycles. The zero-order chi connectivity index (χ0) is 20.6. The molecule has 1 N–H and O–H groups in total. The molecule has 2 aromatic carbocycles. The van der Waals surface area contributed by atoms with E-state index in [0.29, 0.717) is 29.7 Å². The number of halogens is 1. The molecule has 3 aromatic rings. The third-order valence-corrected chi connectivity index (χ3v) is 4.58. The molecule has 0 aliphatic rings. The maximum atomic E-state index is 11.0. The van der Waals surface area contributed by atoms with E-state index in [-0.39, 0.29) is 6.42 Å². The second kappa shape index (κ2) is 10.0. The van der Waals surface area contributed by atoms with Crippen molar-refractivity contribution in [3.05, 3.63) is 77.2 Å². The highest BCUT2D eigenvalue weighted by Gasteiger charge is 2.15. The molecule has 7 heteroatoms. The van der Waals surface area contributed by atoms with Crippen LogP contribution in [0.4, 0.5) is 0 Å². The first-order valence-electron chi connectivity index (χ1n) is 9.17. The first-order valence-corrected chi connectivity index (χ1v) is 9.55. The van der Waals surface area contributed by atoms with Crippen molar-refractivity contribution in [2.75, 3.05) is 6.61 Å². The van der Waals surface area contributed by atoms with Crippen molar-refractivity contribution in [1.82, 2.24) is 9.97 Å². The smallest absolute Gasteiger partial charge is 0.306 e. The Labute approximate surface area is 174 Å². The van der Waals surface area contributed by atoms with Crippen LogP contribution in [0.5, 0.6) is 5.75 Å². The van der Waals surface area contributed by atoms with Gasteiger partial charge in [-0.25, -0.2) is 0 Å². The zero-order valence-electron chi connectivity index (χ0n) is 15.9. The van der Waals surface area contributed by atoms with Crippen LogP contribution >= 0.6 is 11.6 Å². The largest absolute Gasteiger partial charge is 0.489 e. The van der Waals surface area contributed by atoms with E-state index in [1.807, 2.05) is 49.4 Å². The topological polar surface area (TPSA) is 81.5 Å². The zero-order valence-corrected chi connectivity index (χ0v) is 16.7. The summed E-state index contributed by atoms with van der Waals surface area (Å²) < 4.78 is 11.4. The molecule has 0 unspecified atom stereocenters. The summed E-state index contributed by atoms with van der Waals surface area (Å²) in [5.41, 5.74) is 3.24. The van der Waals surface area contributed by atoms with Gasteiger partial charge in [0.05, 0.1) is 29.4 Å². The summed E-state index contributed by atoms with van der Waals surface area (Å²) in [6, 6.07) is 12.9. The number of carbonyl (C=O) groups is 1. The number of benzene rings is 2. The second-order valence-corrected chi connectivity index (χ2v) is 6.71. The molecule has 1 heterocycles. The number of aromatic nitrogens is 2. The van der Waals surface area contributed by atoms with Gasteiger partial charge in [0.2, 0.25) is 0 Å². The maximum absolute atomic E-state index is 11.0. The third-order valence-electron chi connectivity index (χ3n) is 4.26. The number of carboxylic acids is 1. The molecule has 0 aliphatic carbocycles. The lowest BCUT2D eigenvalue weighted by Gasteiger charge is -2.16. The Kier molecular flexibility index (Phi) is 7.16. The van der Waals surface area contributed by atoms with Crippen molar-refractivity contribution in [3.8, 4) is 17.0 Å². The van der Waals surface area contributed by atoms with Crippen molar-refractivity contribution in [1.29, 1.82) is 0 Å². The van der Waals surface area contributed by atoms with Crippen molar-refractivity contribution in [2.45, 2.75) is 26.1 Å². The first kappa shape index (κ1) is 20.8. The Balaban J connectivity index is 1.68. The molecule has 0 amide bonds. The summed E-state index contributed by atoms with van der Waals surface area (Å²) in [5.74, 6) is -0.222. The number of aliphatic carboxylic acids is 1. The maximum Gasteiger partial charge on any atom is 0.306 e. The fourth-order valence-electron chi connectivity index (χ4n) is 2.87. The van der Waals surface area contributed by atoms with Gasteiger partial charge in [0.1, 0.15) is 12.4 Å². The fraction of sp³-hybridized carbons (Fsp3) is 0.227. The minimum atomic E-state index is -0.898. The minimum Gasteiger partial charge on any atom is -0.489 e. The van der Waals surface area contributed by atoms with E-state index in [9.17, 15) is 4.79 Å². The average molecular weight is 413 g/mol. The molecule has 0 bridgehead atoms. The van der Waals surface area contributed by atoms with Crippen molar-refractivity contribution in [2.24, 2.45) is 0 Å². The number of carboxylic acid groups (broad SMARTS) is 1. The summed E-state index contributed by atoms with van der Waals surface area (Å²) >= 11 is 6.29. The molecule has 0 fully saturated rings. The highest BCUT2D eigenvalue weighted by atomic mass is 35.5. The van der Waals surface area contributed by atoms with Gasteiger partial charge in [-0.15, -0.1) is 0 Å². The van der Waals surface area contributed by atoms with Gasteiger partial charge in [0.15, 0.2) is 0 Å². The summed E-state index contributed by atoms with van der Waals surface area (Å²) in [5, 5.41) is 9.63. The summed E-state index contributed by atoms with van der Waals surface area (Å²) in [7, 11) is 0. The molecule has 3 rings (SSSR count). The van der Waals surface area contributed by atoms with Gasteiger partial charge < -0.3 is 14.6 Å². The lowest BCUT2D eigenvalue weighted by atomic mass is 10.1. The van der Waals surface area contributed by atoms with Crippen LogP contribution in [0, 0.1) is 0 Å². The van der Waals surface area contributed by atoms with Crippen LogP contribution in [0.3, 0.4) is 0 Å². The van der Waals surface area contributed by atoms with Gasteiger partial charge in [0.25, 0.3) is 0 Å². The first-order chi connectivity index (χ1) is 14.1. The summed E-state index contributed by atoms with van der Waals surface area (Å²) in [4.78, 5) is 19.4. The van der Waals surface area contributed by atoms with E-state index in [1.54, 1.807) is 18.6 Å². The molecular weight excluding hydrogens is 392 g/mol. The van der Waals surface area contributed by atoms with Crippen LogP contribution in [0.15, 0.2) is 61.1 Å². The van der Waals surface area contributed by atoms with Crippen LogP contribution in [-0.2, 0) is 16.1 Å². The fourth-order valence-corrected chi connectivity index (χ4v) is 3.09. The number of hydrogen-bond donors (Lipinski definition) is 1. The lowest BCUT2D eigenvalue weighted by Crippen LogP contribution is -2.10. The molecule has 150 valence electrons. The Hall–Kier alpha value is -2.96. The van der Waals surface area contributed by atoms with Crippen LogP contribution < -0.4 is 4.74 Å². The van der Waals surface area contributed by atoms with E-state index in [4.69, 9.17) is 26.2 Å². The molecule has 1 aromatic heterocycles. The van der Waals surface area contributed by atoms with E-state index in [0.717, 1.165) is 16.7 Å². The van der Waals surface area contributed by atoms with E-state index < -0.39 is 12.1 Å². The van der Waals surface area contributed by atoms with Crippen molar-refractivity contribution >= 4 is 17.6 Å². The van der Waals surface area contributed by atoms with Crippen LogP contribution in [0.25, 0.3) is 11.3 Å². The predicted molar refractivity (Wildman–Crippen MR) is 110 cm³/mol. The van der Waals surface area contributed by atoms with E-state index >= 15 is 0 Å². The number of rotatable bonds is 9. The molecule has 0 spiro atoms. The molecule has 6 nitrogen and oxygen atoms in total. The van der Waals surface area contributed by atoms with Gasteiger partial charge in [-0.05, 0) is 42.3 Å². The SMILES string of the molecule is CCO[C@@H](CC(=O)O)c1ccc(OCc2ccc(Cl)c(-c3cnccn3)c2)cc1. The number of ether oxygens (including phenoxy) is 2. The number of hydrogen-bond acceptors (Lipinski definition) is 5. The quantitative estimate of drug-likeness (QED) is 0.536. The average Bonchev–Trinajstić information content (AvgIpc) is 2.73. The van der Waals surface area contributed by atoms with Gasteiger partial charge >= 0.3 is 5.97 Å². The van der Waals surface area contributed by atoms with Gasteiger partial charge in [-0.1, -0.05) is 29.8 Å². The predicted octanol–water partition coefficient (Wildman–Crippen LogP) is 4.93. The Morgan fingerprint density at radius 3 is 2.62 bits per heavy atom. The highest BCUT2D eigenvalue weighted by Crippen LogP contribution is 2.28. The molecule has 0 saturated carbocycles. The van der Waals surface area contributed by atoms with E-state index in [1.165, 1.54) is 0 Å². The van der Waals surface area contributed by atoms with Crippen LogP contribution in [0.1, 0.15) is 30.6 Å². The molecule has 0 saturated heterocycles. The highest BCUT2D eigenvalue weighted by molar-refractivity contribution is 6.33. The molecule has 1 atom stereocenters. The van der Waals surface area contributed by atoms with Crippen molar-refractivity contribution < 1.29 is 19.4 Å². The standard InChI is InChI=1S/C22H21ClN2O4/c1-2-28-21(12-22(26)27)16-4-6-17(7-5-16)29-14-15-3-8-19(23)18(11-15)20-13-24-9-10-25-20/h3-11,13,21H,2,12,14H2,1H3,(H,26,27)/t21-/m0/s1. The van der Waals surface area contributed by atoms with Crippen LogP contribution in [-0.4, -0.2) is 27.7 Å². The summed E-state index contributed by atoms with van der Waals surface area (Å²) in [6.45, 7) is 2.64. The normalized spacial score (nSPS) is 11.8. The Morgan fingerprint density at radius 1 is 1.17 bits per heavy atom. The third kappa shape index (κ3) is 5.76. The molecule has 0 radical (unpaired) electrons. The van der Waals surface area contributed by atoms with Gasteiger partial charge in [-0.3, -0.25) is 14.8 Å². The van der Waals surface area contributed by atoms with Crippen molar-refractivity contribution in [3.63, 3.8) is 0 Å². The summed E-state index contributed by atoms with van der Waals surface area (Å²) in [6.07, 6.45) is 4.34. The van der Waals surface area contributed by atoms with Gasteiger partial charge in [-0.2, -0.15) is 0 Å². The molecule has 29 heavy (non-hydrogen) atoms. The Morgan fingerprint density at radius 2 is 1.97 bits per heavy atom.